The number of benzene rings is 1. The van der Waals surface area contributed by atoms with Crippen LogP contribution in [-0.4, -0.2) is 28.7 Å². The molecule has 1 aromatic carbocycles. The fourth-order valence-corrected chi connectivity index (χ4v) is 2.82. The van der Waals surface area contributed by atoms with Crippen molar-refractivity contribution >= 4 is 5.65 Å². The van der Waals surface area contributed by atoms with E-state index in [1.807, 2.05) is 47.9 Å². The van der Waals surface area contributed by atoms with Gasteiger partial charge in [0.2, 0.25) is 0 Å². The summed E-state index contributed by atoms with van der Waals surface area (Å²) >= 11 is 0. The zero-order valence-electron chi connectivity index (χ0n) is 13.7. The molecule has 0 aliphatic rings. The quantitative estimate of drug-likeness (QED) is 0.802. The van der Waals surface area contributed by atoms with Crippen LogP contribution in [0.5, 0.6) is 11.5 Å². The molecule has 0 aliphatic heterocycles. The Hall–Kier alpha value is -2.53. The number of aryl methyl sites for hydroxylation is 1. The topological polar surface area (TPSA) is 56.0 Å². The largest absolute Gasteiger partial charge is 0.493 e. The lowest BCUT2D eigenvalue weighted by molar-refractivity contribution is 0.194. The normalized spacial score (nSPS) is 12.4. The van der Waals surface area contributed by atoms with Crippen LogP contribution in [0.1, 0.15) is 24.3 Å². The average Bonchev–Trinajstić information content (AvgIpc) is 2.95. The van der Waals surface area contributed by atoms with Gasteiger partial charge in [-0.2, -0.15) is 0 Å². The fourth-order valence-electron chi connectivity index (χ4n) is 2.82. The molecule has 0 aliphatic carbocycles. The van der Waals surface area contributed by atoms with Gasteiger partial charge < -0.3 is 19.0 Å². The second-order valence-corrected chi connectivity index (χ2v) is 5.48. The number of aromatic nitrogens is 2. The number of hydrogen-bond acceptors (Lipinski definition) is 4. The first kappa shape index (κ1) is 15.4. The zero-order valence-corrected chi connectivity index (χ0v) is 13.7. The van der Waals surface area contributed by atoms with Gasteiger partial charge in [0.15, 0.2) is 11.5 Å². The number of imidazole rings is 1. The molecule has 0 amide bonds. The molecule has 5 heteroatoms. The molecule has 3 aromatic rings. The Morgan fingerprint density at radius 2 is 1.87 bits per heavy atom. The molecule has 5 nitrogen and oxygen atoms in total. The molecule has 1 N–H and O–H groups in total. The maximum atomic E-state index is 10.3. The highest BCUT2D eigenvalue weighted by Gasteiger charge is 2.19. The molecular formula is C18H20N2O3. The second-order valence-electron chi connectivity index (χ2n) is 5.48. The van der Waals surface area contributed by atoms with Crippen molar-refractivity contribution in [2.75, 3.05) is 14.2 Å². The molecule has 0 saturated carbocycles. The van der Waals surface area contributed by atoms with Crippen LogP contribution < -0.4 is 9.47 Å². The van der Waals surface area contributed by atoms with Gasteiger partial charge in [0.05, 0.1) is 31.7 Å². The van der Waals surface area contributed by atoms with Gasteiger partial charge >= 0.3 is 0 Å². The summed E-state index contributed by atoms with van der Waals surface area (Å²) < 4.78 is 12.6. The van der Waals surface area contributed by atoms with Crippen molar-refractivity contribution in [2.45, 2.75) is 20.0 Å². The molecule has 3 rings (SSSR count). The van der Waals surface area contributed by atoms with Crippen LogP contribution in [0.3, 0.4) is 0 Å². The molecule has 2 heterocycles. The van der Waals surface area contributed by atoms with Crippen molar-refractivity contribution in [3.8, 4) is 22.8 Å². The number of fused-ring (bicyclic) bond motifs is 1. The van der Waals surface area contributed by atoms with E-state index in [9.17, 15) is 5.11 Å². The third-order valence-electron chi connectivity index (χ3n) is 3.93. The van der Waals surface area contributed by atoms with Gasteiger partial charge in [-0.3, -0.25) is 0 Å². The summed E-state index contributed by atoms with van der Waals surface area (Å²) in [5.74, 6) is 1.30. The summed E-state index contributed by atoms with van der Waals surface area (Å²) in [6, 6.07) is 9.60. The molecule has 2 aromatic heterocycles. The predicted octanol–water partition coefficient (Wildman–Crippen LogP) is 3.38. The van der Waals surface area contributed by atoms with Crippen molar-refractivity contribution in [2.24, 2.45) is 0 Å². The third kappa shape index (κ3) is 2.53. The maximum Gasteiger partial charge on any atom is 0.161 e. The van der Waals surface area contributed by atoms with Gasteiger partial charge in [-0.25, -0.2) is 4.98 Å². The van der Waals surface area contributed by atoms with Crippen molar-refractivity contribution in [1.29, 1.82) is 0 Å². The summed E-state index contributed by atoms with van der Waals surface area (Å²) in [4.78, 5) is 4.74. The van der Waals surface area contributed by atoms with Crippen LogP contribution in [0.2, 0.25) is 0 Å². The summed E-state index contributed by atoms with van der Waals surface area (Å²) in [7, 11) is 3.21. The minimum absolute atomic E-state index is 0.635. The number of ether oxygens (including phenoxy) is 2. The Bertz CT molecular complexity index is 853. The lowest BCUT2D eigenvalue weighted by Gasteiger charge is -2.11. The summed E-state index contributed by atoms with van der Waals surface area (Å²) in [6.45, 7) is 3.75. The number of rotatable bonds is 4. The number of methoxy groups -OCH3 is 2. The molecule has 0 fully saturated rings. The van der Waals surface area contributed by atoms with Gasteiger partial charge in [0.25, 0.3) is 0 Å². The van der Waals surface area contributed by atoms with Gasteiger partial charge in [-0.05, 0) is 43.7 Å². The number of aliphatic hydroxyl groups excluding tert-OH is 1. The second kappa shape index (κ2) is 5.93. The average molecular weight is 312 g/mol. The molecule has 0 spiro atoms. The first-order valence-electron chi connectivity index (χ1n) is 7.44. The van der Waals surface area contributed by atoms with Crippen LogP contribution in [0.4, 0.5) is 0 Å². The molecule has 120 valence electrons. The van der Waals surface area contributed by atoms with E-state index in [2.05, 4.69) is 0 Å². The van der Waals surface area contributed by atoms with E-state index >= 15 is 0 Å². The van der Waals surface area contributed by atoms with Gasteiger partial charge in [-0.15, -0.1) is 0 Å². The van der Waals surface area contributed by atoms with Crippen LogP contribution in [0.25, 0.3) is 16.9 Å². The first-order valence-corrected chi connectivity index (χ1v) is 7.44. The Kier molecular flexibility index (Phi) is 3.96. The van der Waals surface area contributed by atoms with E-state index < -0.39 is 6.10 Å². The highest BCUT2D eigenvalue weighted by atomic mass is 16.5. The van der Waals surface area contributed by atoms with Crippen molar-refractivity contribution in [3.63, 3.8) is 0 Å². The Labute approximate surface area is 135 Å². The predicted molar refractivity (Wildman–Crippen MR) is 89.1 cm³/mol. The maximum absolute atomic E-state index is 10.3. The van der Waals surface area contributed by atoms with Crippen molar-refractivity contribution in [3.05, 3.63) is 47.8 Å². The Balaban J connectivity index is 2.27. The molecule has 1 atom stereocenters. The van der Waals surface area contributed by atoms with Crippen LogP contribution in [-0.2, 0) is 0 Å². The molecular weight excluding hydrogens is 292 g/mol. The summed E-state index contributed by atoms with van der Waals surface area (Å²) in [6.07, 6.45) is 1.27. The van der Waals surface area contributed by atoms with E-state index in [1.54, 1.807) is 21.1 Å². The Morgan fingerprint density at radius 3 is 2.52 bits per heavy atom. The SMILES string of the molecule is COc1ccc(-c2nc3c(C)cccn3c2C(C)O)cc1OC. The molecule has 23 heavy (non-hydrogen) atoms. The number of aliphatic hydroxyl groups is 1. The van der Waals surface area contributed by atoms with Crippen LogP contribution in [0, 0.1) is 6.92 Å². The monoisotopic (exact) mass is 312 g/mol. The molecule has 0 saturated heterocycles. The van der Waals surface area contributed by atoms with E-state index in [0.717, 1.165) is 28.2 Å². The molecule has 0 bridgehead atoms. The van der Waals surface area contributed by atoms with Gasteiger partial charge in [-0.1, -0.05) is 6.07 Å². The lowest BCUT2D eigenvalue weighted by Crippen LogP contribution is -2.00. The lowest BCUT2D eigenvalue weighted by atomic mass is 10.1. The zero-order chi connectivity index (χ0) is 16.6. The number of nitrogens with zero attached hydrogens (tertiary/aromatic N) is 2. The van der Waals surface area contributed by atoms with E-state index in [1.165, 1.54) is 0 Å². The van der Waals surface area contributed by atoms with Crippen LogP contribution >= 0.6 is 0 Å². The highest BCUT2D eigenvalue weighted by Crippen LogP contribution is 2.35. The van der Waals surface area contributed by atoms with Crippen LogP contribution in [0.15, 0.2) is 36.5 Å². The minimum atomic E-state index is -0.644. The number of hydrogen-bond donors (Lipinski definition) is 1. The van der Waals surface area contributed by atoms with E-state index in [-0.39, 0.29) is 0 Å². The van der Waals surface area contributed by atoms with Crippen molar-refractivity contribution in [1.82, 2.24) is 9.38 Å². The standard InChI is InChI=1S/C18H20N2O3/c1-11-6-5-9-20-17(12(2)21)16(19-18(11)20)13-7-8-14(22-3)15(10-13)23-4/h5-10,12,21H,1-4H3. The van der Waals surface area contributed by atoms with Gasteiger partial charge in [0, 0.05) is 11.8 Å². The van der Waals surface area contributed by atoms with Crippen molar-refractivity contribution < 1.29 is 14.6 Å². The minimum Gasteiger partial charge on any atom is -0.493 e. The van der Waals surface area contributed by atoms with Gasteiger partial charge in [0.1, 0.15) is 5.65 Å². The molecule has 1 unspecified atom stereocenters. The third-order valence-corrected chi connectivity index (χ3v) is 3.93. The van der Waals surface area contributed by atoms with E-state index in [4.69, 9.17) is 14.5 Å². The summed E-state index contributed by atoms with van der Waals surface area (Å²) in [5.41, 5.74) is 4.28. The first-order chi connectivity index (χ1) is 11.1. The summed E-state index contributed by atoms with van der Waals surface area (Å²) in [5, 5.41) is 10.3. The smallest absolute Gasteiger partial charge is 0.161 e. The highest BCUT2D eigenvalue weighted by molar-refractivity contribution is 5.70. The number of pyridine rings is 1. The Morgan fingerprint density at radius 1 is 1.13 bits per heavy atom. The fraction of sp³-hybridized carbons (Fsp3) is 0.278. The molecule has 0 radical (unpaired) electrons. The van der Waals surface area contributed by atoms with E-state index in [0.29, 0.717) is 11.5 Å².